The van der Waals surface area contributed by atoms with Crippen molar-refractivity contribution in [3.8, 4) is 0 Å². The third kappa shape index (κ3) is 1.32. The molecule has 0 heterocycles. The molecule has 0 aromatic carbocycles. The topological polar surface area (TPSA) is 17.1 Å². The second-order valence-corrected chi connectivity index (χ2v) is 2.50. The van der Waals surface area contributed by atoms with Gasteiger partial charge in [0.05, 0.1) is 0 Å². The lowest BCUT2D eigenvalue weighted by atomic mass is 9.90. The molecule has 8 heavy (non-hydrogen) atoms. The maximum atomic E-state index is 10.6. The van der Waals surface area contributed by atoms with Gasteiger partial charge in [-0.05, 0) is 25.7 Å². The highest BCUT2D eigenvalue weighted by atomic mass is 16.1. The van der Waals surface area contributed by atoms with E-state index in [0.717, 1.165) is 25.7 Å². The van der Waals surface area contributed by atoms with E-state index in [4.69, 9.17) is 0 Å². The van der Waals surface area contributed by atoms with E-state index < -0.39 is 0 Å². The van der Waals surface area contributed by atoms with Crippen molar-refractivity contribution < 1.29 is 4.79 Å². The van der Waals surface area contributed by atoms with Gasteiger partial charge in [-0.2, -0.15) is 0 Å². The van der Waals surface area contributed by atoms with Crippen LogP contribution in [-0.4, -0.2) is 5.78 Å². The van der Waals surface area contributed by atoms with Crippen LogP contribution in [0.15, 0.2) is 0 Å². The SMILES string of the molecule is [CH2]C1CCCC(=O)C1. The molecule has 0 amide bonds. The van der Waals surface area contributed by atoms with Gasteiger partial charge in [0, 0.05) is 12.8 Å². The molecule has 0 aromatic heterocycles. The van der Waals surface area contributed by atoms with E-state index in [9.17, 15) is 4.79 Å². The fraction of sp³-hybridized carbons (Fsp3) is 0.714. The van der Waals surface area contributed by atoms with Crippen molar-refractivity contribution in [2.24, 2.45) is 5.92 Å². The molecule has 1 aliphatic rings. The molecule has 1 heteroatoms. The second kappa shape index (κ2) is 2.29. The molecule has 0 aliphatic heterocycles. The Hall–Kier alpha value is -0.330. The lowest BCUT2D eigenvalue weighted by molar-refractivity contribution is -0.121. The van der Waals surface area contributed by atoms with Gasteiger partial charge in [0.2, 0.25) is 0 Å². The largest absolute Gasteiger partial charge is 0.300 e. The molecule has 0 spiro atoms. The highest BCUT2D eigenvalue weighted by molar-refractivity contribution is 5.79. The molecule has 1 aliphatic carbocycles. The Morgan fingerprint density at radius 2 is 2.38 bits per heavy atom. The molecule has 0 bridgehead atoms. The average Bonchev–Trinajstić information content (AvgIpc) is 1.64. The average molecular weight is 111 g/mol. The van der Waals surface area contributed by atoms with Gasteiger partial charge in [-0.1, -0.05) is 0 Å². The quantitative estimate of drug-likeness (QED) is 0.464. The van der Waals surface area contributed by atoms with Crippen molar-refractivity contribution in [2.45, 2.75) is 25.7 Å². The first kappa shape index (κ1) is 5.80. The van der Waals surface area contributed by atoms with Crippen LogP contribution in [-0.2, 0) is 4.79 Å². The maximum absolute atomic E-state index is 10.6. The lowest BCUT2D eigenvalue weighted by Crippen LogP contribution is -2.11. The van der Waals surface area contributed by atoms with E-state index in [-0.39, 0.29) is 0 Å². The molecule has 1 nitrogen and oxygen atoms in total. The van der Waals surface area contributed by atoms with Crippen LogP contribution in [0, 0.1) is 12.8 Å². The van der Waals surface area contributed by atoms with E-state index in [1.54, 1.807) is 0 Å². The highest BCUT2D eigenvalue weighted by Gasteiger charge is 2.14. The standard InChI is InChI=1S/C7H11O/c1-6-3-2-4-7(8)5-6/h6H,1-5H2. The number of carbonyl (C=O) groups is 1. The molecule has 1 atom stereocenters. The van der Waals surface area contributed by atoms with Crippen LogP contribution in [0.3, 0.4) is 0 Å². The van der Waals surface area contributed by atoms with Gasteiger partial charge in [-0.3, -0.25) is 4.79 Å². The summed E-state index contributed by atoms with van der Waals surface area (Å²) in [5, 5.41) is 0. The number of carbonyl (C=O) groups excluding carboxylic acids is 1. The van der Waals surface area contributed by atoms with E-state index >= 15 is 0 Å². The Morgan fingerprint density at radius 1 is 1.62 bits per heavy atom. The third-order valence-electron chi connectivity index (χ3n) is 1.58. The molecule has 1 rings (SSSR count). The molecule has 45 valence electrons. The molecular weight excluding hydrogens is 100 g/mol. The van der Waals surface area contributed by atoms with Gasteiger partial charge in [0.25, 0.3) is 0 Å². The van der Waals surface area contributed by atoms with Crippen LogP contribution in [0.25, 0.3) is 0 Å². The Kier molecular flexibility index (Phi) is 1.66. The first-order valence-corrected chi connectivity index (χ1v) is 3.14. The van der Waals surface area contributed by atoms with Crippen molar-refractivity contribution in [3.63, 3.8) is 0 Å². The maximum Gasteiger partial charge on any atom is 0.133 e. The Bertz CT molecular complexity index is 96.6. The normalized spacial score (nSPS) is 30.6. The summed E-state index contributed by atoms with van der Waals surface area (Å²) in [6, 6.07) is 0. The zero-order valence-electron chi connectivity index (χ0n) is 5.02. The minimum absolute atomic E-state index is 0.399. The summed E-state index contributed by atoms with van der Waals surface area (Å²) in [5.74, 6) is 0.812. The second-order valence-electron chi connectivity index (χ2n) is 2.50. The van der Waals surface area contributed by atoms with Crippen LogP contribution in [0.2, 0.25) is 0 Å². The molecular formula is C7H11O. The van der Waals surface area contributed by atoms with E-state index in [1.807, 2.05) is 0 Å². The fourth-order valence-corrected chi connectivity index (χ4v) is 1.11. The molecule has 1 unspecified atom stereocenters. The molecule has 0 saturated heterocycles. The summed E-state index contributed by atoms with van der Waals surface area (Å²) in [6.07, 6.45) is 3.73. The smallest absolute Gasteiger partial charge is 0.133 e. The van der Waals surface area contributed by atoms with Gasteiger partial charge in [-0.25, -0.2) is 0 Å². The lowest BCUT2D eigenvalue weighted by Gasteiger charge is -2.14. The first-order valence-electron chi connectivity index (χ1n) is 3.14. The Morgan fingerprint density at radius 3 is 2.75 bits per heavy atom. The molecule has 1 saturated carbocycles. The summed E-state index contributed by atoms with van der Waals surface area (Å²) in [4.78, 5) is 10.6. The third-order valence-corrected chi connectivity index (χ3v) is 1.58. The number of rotatable bonds is 0. The van der Waals surface area contributed by atoms with Crippen LogP contribution < -0.4 is 0 Å². The van der Waals surface area contributed by atoms with Crippen LogP contribution in [0.4, 0.5) is 0 Å². The van der Waals surface area contributed by atoms with Crippen LogP contribution in [0.1, 0.15) is 25.7 Å². The number of ketones is 1. The zero-order valence-corrected chi connectivity index (χ0v) is 5.02. The summed E-state index contributed by atoms with van der Waals surface area (Å²) in [6.45, 7) is 3.83. The molecule has 1 radical (unpaired) electrons. The monoisotopic (exact) mass is 111 g/mol. The number of Topliss-reactive ketones (excluding diaryl/α,β-unsaturated/α-hetero) is 1. The summed E-state index contributed by atoms with van der Waals surface area (Å²) in [7, 11) is 0. The molecule has 0 N–H and O–H groups in total. The summed E-state index contributed by atoms with van der Waals surface area (Å²) >= 11 is 0. The van der Waals surface area contributed by atoms with Crippen molar-refractivity contribution in [1.29, 1.82) is 0 Å². The van der Waals surface area contributed by atoms with Crippen molar-refractivity contribution in [2.75, 3.05) is 0 Å². The Balaban J connectivity index is 2.34. The number of hydrogen-bond donors (Lipinski definition) is 0. The van der Waals surface area contributed by atoms with Crippen molar-refractivity contribution >= 4 is 5.78 Å². The van der Waals surface area contributed by atoms with E-state index in [0.29, 0.717) is 11.7 Å². The zero-order chi connectivity index (χ0) is 5.98. The van der Waals surface area contributed by atoms with E-state index in [1.165, 1.54) is 0 Å². The molecule has 1 fully saturated rings. The minimum atomic E-state index is 0.399. The van der Waals surface area contributed by atoms with Crippen molar-refractivity contribution in [3.05, 3.63) is 6.92 Å². The summed E-state index contributed by atoms with van der Waals surface area (Å²) in [5.41, 5.74) is 0. The van der Waals surface area contributed by atoms with E-state index in [2.05, 4.69) is 6.92 Å². The Labute approximate surface area is 50.1 Å². The molecule has 0 aromatic rings. The van der Waals surface area contributed by atoms with Gasteiger partial charge in [0.15, 0.2) is 0 Å². The van der Waals surface area contributed by atoms with Crippen LogP contribution in [0.5, 0.6) is 0 Å². The van der Waals surface area contributed by atoms with Gasteiger partial charge >= 0.3 is 0 Å². The minimum Gasteiger partial charge on any atom is -0.300 e. The predicted octanol–water partition coefficient (Wildman–Crippen LogP) is 1.58. The first-order chi connectivity index (χ1) is 3.79. The van der Waals surface area contributed by atoms with Crippen molar-refractivity contribution in [1.82, 2.24) is 0 Å². The van der Waals surface area contributed by atoms with Gasteiger partial charge < -0.3 is 0 Å². The predicted molar refractivity (Wildman–Crippen MR) is 32.3 cm³/mol. The summed E-state index contributed by atoms with van der Waals surface area (Å²) < 4.78 is 0. The van der Waals surface area contributed by atoms with Crippen LogP contribution >= 0.6 is 0 Å². The highest BCUT2D eigenvalue weighted by Crippen LogP contribution is 2.19. The fourth-order valence-electron chi connectivity index (χ4n) is 1.11. The number of hydrogen-bond acceptors (Lipinski definition) is 1. The van der Waals surface area contributed by atoms with Gasteiger partial charge in [0.1, 0.15) is 5.78 Å². The van der Waals surface area contributed by atoms with Gasteiger partial charge in [-0.15, -0.1) is 0 Å².